The quantitative estimate of drug-likeness (QED) is 0.828. The first kappa shape index (κ1) is 15.7. The minimum Gasteiger partial charge on any atom is -0.550 e. The van der Waals surface area contributed by atoms with E-state index >= 15 is 0 Å². The molecule has 1 aromatic heterocycles. The maximum absolute atomic E-state index is 8.89. The standard InChI is InChI=1S/C13H22N2.C2H4O2/c1-12(2)5-4-6-13(3,9-12)10-15-8-7-14-11-15;1-2(3)4/h7-8,11H,4-6,9-10H2,1-3H3;1H3,(H,3,4). The number of carboxylic acid groups (broad SMARTS) is 1. The van der Waals surface area contributed by atoms with Crippen LogP contribution in [0.15, 0.2) is 18.7 Å². The minimum atomic E-state index is -1.08. The smallest absolute Gasteiger partial charge is 0.241 e. The normalized spacial score (nSPS) is 25.3. The lowest BCUT2D eigenvalue weighted by Crippen LogP contribution is -2.44. The Labute approximate surface area is 115 Å². The van der Waals surface area contributed by atoms with E-state index in [0.29, 0.717) is 10.8 Å². The zero-order chi connectivity index (χ0) is 14.5. The average Bonchev–Trinajstić information content (AvgIpc) is 2.66. The van der Waals surface area contributed by atoms with Crippen molar-refractivity contribution in [1.29, 1.82) is 0 Å². The predicted molar refractivity (Wildman–Crippen MR) is 72.0 cm³/mol. The second-order valence-electron chi connectivity index (χ2n) is 6.78. The van der Waals surface area contributed by atoms with Gasteiger partial charge in [0, 0.05) is 11.4 Å². The van der Waals surface area contributed by atoms with E-state index in [1.54, 1.807) is 0 Å². The summed E-state index contributed by atoms with van der Waals surface area (Å²) < 4.78 is 2.28. The van der Waals surface area contributed by atoms with Crippen LogP contribution in [0.5, 0.6) is 0 Å². The zero-order valence-corrected chi connectivity index (χ0v) is 12.5. The van der Waals surface area contributed by atoms with E-state index in [-0.39, 0.29) is 0 Å². The first-order chi connectivity index (χ1) is 8.72. The zero-order valence-electron chi connectivity index (χ0n) is 12.5. The van der Waals surface area contributed by atoms with Gasteiger partial charge in [-0.3, -0.25) is 4.98 Å². The predicted octanol–water partition coefficient (Wildman–Crippen LogP) is 1.66. The van der Waals surface area contributed by atoms with Gasteiger partial charge in [0.2, 0.25) is 6.33 Å². The van der Waals surface area contributed by atoms with Gasteiger partial charge in [-0.15, -0.1) is 0 Å². The van der Waals surface area contributed by atoms with Crippen molar-refractivity contribution in [2.45, 2.75) is 59.9 Å². The molecule has 1 heterocycles. The van der Waals surface area contributed by atoms with Crippen molar-refractivity contribution in [3.8, 4) is 0 Å². The van der Waals surface area contributed by atoms with Gasteiger partial charge in [-0.25, -0.2) is 4.57 Å². The number of carbonyl (C=O) groups is 1. The van der Waals surface area contributed by atoms with Gasteiger partial charge in [0.15, 0.2) is 0 Å². The summed E-state index contributed by atoms with van der Waals surface area (Å²) in [5.41, 5.74) is 1.01. The minimum absolute atomic E-state index is 0.481. The van der Waals surface area contributed by atoms with E-state index < -0.39 is 5.97 Å². The Hall–Kier alpha value is -1.32. The highest BCUT2D eigenvalue weighted by Gasteiger charge is 2.37. The lowest BCUT2D eigenvalue weighted by molar-refractivity contribution is -0.709. The van der Waals surface area contributed by atoms with Crippen LogP contribution in [0.3, 0.4) is 0 Å². The molecule has 1 N–H and O–H groups in total. The molecular weight excluding hydrogens is 240 g/mol. The number of aliphatic carboxylic acids is 1. The number of hydrogen-bond donors (Lipinski definition) is 1. The lowest BCUT2D eigenvalue weighted by atomic mass is 9.64. The highest BCUT2D eigenvalue weighted by molar-refractivity contribution is 5.60. The molecule has 1 saturated carbocycles. The molecule has 0 aliphatic heterocycles. The Morgan fingerprint density at radius 1 is 1.37 bits per heavy atom. The molecule has 2 rings (SSSR count). The fraction of sp³-hybridized carbons (Fsp3) is 0.733. The Morgan fingerprint density at radius 2 is 2.00 bits per heavy atom. The van der Waals surface area contributed by atoms with Gasteiger partial charge >= 0.3 is 0 Å². The summed E-state index contributed by atoms with van der Waals surface area (Å²) in [7, 11) is 0. The third-order valence-corrected chi connectivity index (χ3v) is 3.71. The number of carboxylic acids is 1. The number of H-pyrrole nitrogens is 1. The van der Waals surface area contributed by atoms with E-state index in [0.717, 1.165) is 13.5 Å². The van der Waals surface area contributed by atoms with Crippen molar-refractivity contribution in [1.82, 2.24) is 4.98 Å². The summed E-state index contributed by atoms with van der Waals surface area (Å²) in [6.45, 7) is 9.38. The van der Waals surface area contributed by atoms with Crippen molar-refractivity contribution in [3.63, 3.8) is 0 Å². The molecule has 0 spiro atoms. The number of imidazole rings is 1. The van der Waals surface area contributed by atoms with Crippen LogP contribution in [0.2, 0.25) is 0 Å². The number of rotatable bonds is 2. The number of hydrogen-bond acceptors (Lipinski definition) is 2. The van der Waals surface area contributed by atoms with Crippen LogP contribution < -0.4 is 9.67 Å². The molecule has 0 radical (unpaired) electrons. The topological polar surface area (TPSA) is 59.8 Å². The molecule has 1 aromatic rings. The molecule has 4 heteroatoms. The second-order valence-corrected chi connectivity index (χ2v) is 6.78. The largest absolute Gasteiger partial charge is 0.550 e. The van der Waals surface area contributed by atoms with E-state index in [2.05, 4.69) is 42.8 Å². The Bertz CT molecular complexity index is 394. The van der Waals surface area contributed by atoms with Gasteiger partial charge in [-0.1, -0.05) is 27.2 Å². The number of carbonyl (C=O) groups excluding carboxylic acids is 1. The van der Waals surface area contributed by atoms with Gasteiger partial charge in [-0.05, 0) is 31.6 Å². The Kier molecular flexibility index (Phi) is 5.15. The van der Waals surface area contributed by atoms with Gasteiger partial charge in [0.05, 0.1) is 6.54 Å². The average molecular weight is 266 g/mol. The van der Waals surface area contributed by atoms with Crippen LogP contribution in [-0.4, -0.2) is 11.0 Å². The highest BCUT2D eigenvalue weighted by atomic mass is 16.4. The van der Waals surface area contributed by atoms with Crippen LogP contribution in [0, 0.1) is 10.8 Å². The van der Waals surface area contributed by atoms with Crippen LogP contribution >= 0.6 is 0 Å². The van der Waals surface area contributed by atoms with E-state index in [9.17, 15) is 0 Å². The third-order valence-electron chi connectivity index (χ3n) is 3.71. The molecule has 1 aliphatic rings. The van der Waals surface area contributed by atoms with Crippen molar-refractivity contribution in [2.75, 3.05) is 0 Å². The molecule has 1 atom stereocenters. The lowest BCUT2D eigenvalue weighted by Gasteiger charge is -2.41. The molecule has 108 valence electrons. The molecule has 0 aromatic carbocycles. The first-order valence-electron chi connectivity index (χ1n) is 6.92. The Morgan fingerprint density at radius 3 is 2.47 bits per heavy atom. The summed E-state index contributed by atoms with van der Waals surface area (Å²) in [6.07, 6.45) is 11.7. The maximum atomic E-state index is 8.89. The molecule has 0 saturated heterocycles. The Balaban J connectivity index is 0.000000399. The highest BCUT2D eigenvalue weighted by Crippen LogP contribution is 2.45. The molecule has 4 nitrogen and oxygen atoms in total. The summed E-state index contributed by atoms with van der Waals surface area (Å²) in [5, 5.41) is 8.89. The van der Waals surface area contributed by atoms with E-state index in [1.807, 2.05) is 6.20 Å². The summed E-state index contributed by atoms with van der Waals surface area (Å²) in [5.74, 6) is -1.08. The van der Waals surface area contributed by atoms with Gasteiger partial charge in [0.25, 0.3) is 0 Å². The van der Waals surface area contributed by atoms with Crippen molar-refractivity contribution in [2.24, 2.45) is 10.8 Å². The fourth-order valence-corrected chi connectivity index (χ4v) is 3.32. The van der Waals surface area contributed by atoms with Crippen molar-refractivity contribution in [3.05, 3.63) is 18.7 Å². The maximum Gasteiger partial charge on any atom is 0.241 e. The molecule has 1 aliphatic carbocycles. The number of nitrogens with one attached hydrogen (secondary N) is 1. The summed E-state index contributed by atoms with van der Waals surface area (Å²) in [4.78, 5) is 12.0. The molecular formula is C15H26N2O2. The third kappa shape index (κ3) is 5.90. The van der Waals surface area contributed by atoms with E-state index in [1.165, 1.54) is 25.7 Å². The number of aromatic amines is 1. The molecule has 1 fully saturated rings. The van der Waals surface area contributed by atoms with Crippen molar-refractivity contribution >= 4 is 5.97 Å². The SMILES string of the molecule is CC(=O)[O-].CC1(C)CCCC(C)(C[n+]2cc[nH]c2)C1. The van der Waals surface area contributed by atoms with Crippen LogP contribution in [0.1, 0.15) is 53.4 Å². The number of aromatic nitrogens is 2. The molecule has 0 amide bonds. The molecule has 0 bridgehead atoms. The van der Waals surface area contributed by atoms with Gasteiger partial charge in [0.1, 0.15) is 12.4 Å². The van der Waals surface area contributed by atoms with E-state index in [4.69, 9.17) is 9.90 Å². The van der Waals surface area contributed by atoms with Crippen LogP contribution in [0.4, 0.5) is 0 Å². The van der Waals surface area contributed by atoms with Crippen LogP contribution in [0.25, 0.3) is 0 Å². The first-order valence-corrected chi connectivity index (χ1v) is 6.92. The second kappa shape index (κ2) is 6.22. The van der Waals surface area contributed by atoms with Crippen LogP contribution in [-0.2, 0) is 11.3 Å². The number of nitrogens with zero attached hydrogens (tertiary/aromatic N) is 1. The fourth-order valence-electron chi connectivity index (χ4n) is 3.32. The van der Waals surface area contributed by atoms with Gasteiger partial charge < -0.3 is 9.90 Å². The molecule has 19 heavy (non-hydrogen) atoms. The monoisotopic (exact) mass is 266 g/mol. The summed E-state index contributed by atoms with van der Waals surface area (Å²) in [6, 6.07) is 0. The van der Waals surface area contributed by atoms with Gasteiger partial charge in [-0.2, -0.15) is 0 Å². The summed E-state index contributed by atoms with van der Waals surface area (Å²) >= 11 is 0. The molecule has 1 unspecified atom stereocenters. The van der Waals surface area contributed by atoms with Crippen molar-refractivity contribution < 1.29 is 14.5 Å².